The molecule has 0 bridgehead atoms. The lowest BCUT2D eigenvalue weighted by Crippen LogP contribution is -2.32. The number of nitrogen functional groups attached to an aromatic ring is 1. The van der Waals surface area contributed by atoms with E-state index in [0.29, 0.717) is 42.7 Å². The summed E-state index contributed by atoms with van der Waals surface area (Å²) in [4.78, 5) is 16.9. The molecule has 1 aromatic carbocycles. The van der Waals surface area contributed by atoms with Crippen LogP contribution in [0.15, 0.2) is 30.3 Å². The summed E-state index contributed by atoms with van der Waals surface area (Å²) in [5, 5.41) is 6.52. The van der Waals surface area contributed by atoms with Crippen molar-refractivity contribution in [2.45, 2.75) is 13.5 Å². The zero-order valence-corrected chi connectivity index (χ0v) is 15.9. The highest BCUT2D eigenvalue weighted by atomic mass is 32.1. The van der Waals surface area contributed by atoms with E-state index in [1.165, 1.54) is 4.88 Å². The Morgan fingerprint density at radius 2 is 2.22 bits per heavy atom. The number of aromatic nitrogens is 2. The van der Waals surface area contributed by atoms with Gasteiger partial charge < -0.3 is 20.1 Å². The van der Waals surface area contributed by atoms with E-state index in [9.17, 15) is 4.79 Å². The van der Waals surface area contributed by atoms with Crippen LogP contribution < -0.4 is 15.2 Å². The van der Waals surface area contributed by atoms with Gasteiger partial charge in [0.25, 0.3) is 5.91 Å². The summed E-state index contributed by atoms with van der Waals surface area (Å²) < 4.78 is 11.5. The number of rotatable bonds is 3. The number of H-pyrrole nitrogens is 1. The molecule has 3 N–H and O–H groups in total. The number of aryl methyl sites for hydroxylation is 1. The van der Waals surface area contributed by atoms with Crippen molar-refractivity contribution in [3.63, 3.8) is 0 Å². The minimum atomic E-state index is -0.160. The van der Waals surface area contributed by atoms with E-state index >= 15 is 0 Å². The normalized spacial score (nSPS) is 13.6. The summed E-state index contributed by atoms with van der Waals surface area (Å²) in [5.74, 6) is 1.50. The molecule has 4 rings (SSSR count). The quantitative estimate of drug-likeness (QED) is 0.724. The van der Waals surface area contributed by atoms with Gasteiger partial charge in [-0.05, 0) is 36.8 Å². The van der Waals surface area contributed by atoms with E-state index in [1.54, 1.807) is 29.4 Å². The van der Waals surface area contributed by atoms with Crippen LogP contribution in [0.3, 0.4) is 0 Å². The van der Waals surface area contributed by atoms with Gasteiger partial charge in [-0.1, -0.05) is 0 Å². The Hall–Kier alpha value is -3.00. The van der Waals surface area contributed by atoms with E-state index in [-0.39, 0.29) is 5.91 Å². The number of carbonyl (C=O) groups excluding carboxylic acids is 1. The molecule has 3 heterocycles. The van der Waals surface area contributed by atoms with Crippen molar-refractivity contribution in [1.82, 2.24) is 15.1 Å². The lowest BCUT2D eigenvalue weighted by atomic mass is 10.1. The topological polar surface area (TPSA) is 93.5 Å². The summed E-state index contributed by atoms with van der Waals surface area (Å²) >= 11 is 1.72. The summed E-state index contributed by atoms with van der Waals surface area (Å²) in [5.41, 5.74) is 7.95. The van der Waals surface area contributed by atoms with Gasteiger partial charge in [-0.3, -0.25) is 9.89 Å². The van der Waals surface area contributed by atoms with Crippen LogP contribution in [0.4, 0.5) is 5.82 Å². The Bertz CT molecular complexity index is 995. The molecule has 3 aromatic rings. The van der Waals surface area contributed by atoms with Gasteiger partial charge in [0.1, 0.15) is 18.1 Å². The molecule has 0 fully saturated rings. The fourth-order valence-electron chi connectivity index (χ4n) is 3.16. The summed E-state index contributed by atoms with van der Waals surface area (Å²) in [6.07, 6.45) is 0. The zero-order valence-electron chi connectivity index (χ0n) is 15.1. The molecule has 8 heteroatoms. The Kier molecular flexibility index (Phi) is 4.49. The van der Waals surface area contributed by atoms with Crippen molar-refractivity contribution in [3.05, 3.63) is 46.5 Å². The summed E-state index contributed by atoms with van der Waals surface area (Å²) in [6.45, 7) is 3.34. The molecule has 1 aliphatic heterocycles. The van der Waals surface area contributed by atoms with Gasteiger partial charge in [0.05, 0.1) is 13.7 Å². The molecular formula is C19H20N4O3S. The smallest absolute Gasteiger partial charge is 0.272 e. The molecule has 140 valence electrons. The molecule has 0 saturated carbocycles. The van der Waals surface area contributed by atoms with Crippen molar-refractivity contribution in [3.8, 4) is 21.9 Å². The highest BCUT2D eigenvalue weighted by molar-refractivity contribution is 7.15. The largest absolute Gasteiger partial charge is 0.493 e. The van der Waals surface area contributed by atoms with Gasteiger partial charge in [0, 0.05) is 27.9 Å². The number of carbonyl (C=O) groups is 1. The molecule has 0 saturated heterocycles. The first kappa shape index (κ1) is 17.4. The second kappa shape index (κ2) is 6.96. The van der Waals surface area contributed by atoms with Crippen LogP contribution in [-0.4, -0.2) is 41.3 Å². The highest BCUT2D eigenvalue weighted by Crippen LogP contribution is 2.40. The van der Waals surface area contributed by atoms with Gasteiger partial charge in [-0.2, -0.15) is 5.10 Å². The Morgan fingerprint density at radius 3 is 2.89 bits per heavy atom. The van der Waals surface area contributed by atoms with Gasteiger partial charge in [0.2, 0.25) is 0 Å². The fraction of sp³-hybridized carbons (Fsp3) is 0.263. The minimum Gasteiger partial charge on any atom is -0.493 e. The molecule has 0 radical (unpaired) electrons. The lowest BCUT2D eigenvalue weighted by molar-refractivity contribution is 0.0727. The lowest BCUT2D eigenvalue weighted by Gasteiger charge is -2.19. The predicted molar refractivity (Wildman–Crippen MR) is 104 cm³/mol. The van der Waals surface area contributed by atoms with Crippen LogP contribution in [0.2, 0.25) is 0 Å². The van der Waals surface area contributed by atoms with Crippen molar-refractivity contribution >= 4 is 23.1 Å². The monoisotopic (exact) mass is 384 g/mol. The second-order valence-electron chi connectivity index (χ2n) is 6.36. The molecule has 0 unspecified atom stereocenters. The highest BCUT2D eigenvalue weighted by Gasteiger charge is 2.25. The molecular weight excluding hydrogens is 364 g/mol. The maximum atomic E-state index is 12.8. The number of nitrogens with zero attached hydrogens (tertiary/aromatic N) is 2. The molecule has 0 atom stereocenters. The average molecular weight is 384 g/mol. The number of methoxy groups -OCH3 is 1. The van der Waals surface area contributed by atoms with Crippen molar-refractivity contribution in [1.29, 1.82) is 0 Å². The zero-order chi connectivity index (χ0) is 19.0. The van der Waals surface area contributed by atoms with E-state index in [2.05, 4.69) is 35.3 Å². The van der Waals surface area contributed by atoms with Crippen LogP contribution in [0.5, 0.6) is 11.5 Å². The molecule has 1 amide bonds. The van der Waals surface area contributed by atoms with E-state index in [0.717, 1.165) is 16.0 Å². The van der Waals surface area contributed by atoms with Crippen molar-refractivity contribution < 1.29 is 14.3 Å². The van der Waals surface area contributed by atoms with Gasteiger partial charge in [-0.15, -0.1) is 11.3 Å². The van der Waals surface area contributed by atoms with E-state index in [1.807, 2.05) is 6.07 Å². The fourth-order valence-corrected chi connectivity index (χ4v) is 4.01. The van der Waals surface area contributed by atoms with E-state index < -0.39 is 0 Å². The SMILES string of the molecule is COc1cc(-c2ccc(C)s2)cc2c1OCCN(C(=O)c1cc(N)n[nH]1)C2. The number of fused-ring (bicyclic) bond motifs is 1. The van der Waals surface area contributed by atoms with Gasteiger partial charge in [0.15, 0.2) is 11.5 Å². The summed E-state index contributed by atoms with van der Waals surface area (Å²) in [7, 11) is 1.63. The Morgan fingerprint density at radius 1 is 1.37 bits per heavy atom. The average Bonchev–Trinajstić information content (AvgIpc) is 3.22. The van der Waals surface area contributed by atoms with Crippen LogP contribution in [-0.2, 0) is 6.54 Å². The summed E-state index contributed by atoms with van der Waals surface area (Å²) in [6, 6.07) is 9.77. The molecule has 7 nitrogen and oxygen atoms in total. The number of hydrogen-bond donors (Lipinski definition) is 2. The first-order valence-corrected chi connectivity index (χ1v) is 9.37. The number of thiophene rings is 1. The third-order valence-corrected chi connectivity index (χ3v) is 5.51. The van der Waals surface area contributed by atoms with Crippen LogP contribution in [0.1, 0.15) is 20.9 Å². The van der Waals surface area contributed by atoms with E-state index in [4.69, 9.17) is 15.2 Å². The second-order valence-corrected chi connectivity index (χ2v) is 7.65. The molecule has 0 aliphatic carbocycles. The maximum Gasteiger partial charge on any atom is 0.272 e. The maximum absolute atomic E-state index is 12.8. The van der Waals surface area contributed by atoms with Crippen LogP contribution >= 0.6 is 11.3 Å². The number of ether oxygens (including phenoxy) is 2. The van der Waals surface area contributed by atoms with Gasteiger partial charge >= 0.3 is 0 Å². The number of nitrogens with two attached hydrogens (primary N) is 1. The Labute approximate surface area is 160 Å². The third kappa shape index (κ3) is 3.35. The minimum absolute atomic E-state index is 0.160. The van der Waals surface area contributed by atoms with Crippen LogP contribution in [0, 0.1) is 6.92 Å². The molecule has 1 aliphatic rings. The molecule has 27 heavy (non-hydrogen) atoms. The number of nitrogens with one attached hydrogen (secondary N) is 1. The van der Waals surface area contributed by atoms with Gasteiger partial charge in [-0.25, -0.2) is 0 Å². The van der Waals surface area contributed by atoms with Crippen molar-refractivity contribution in [2.24, 2.45) is 0 Å². The number of aromatic amines is 1. The molecule has 0 spiro atoms. The number of amides is 1. The Balaban J connectivity index is 1.71. The van der Waals surface area contributed by atoms with Crippen molar-refractivity contribution in [2.75, 3.05) is 26.0 Å². The number of anilines is 1. The first-order chi connectivity index (χ1) is 13.0. The molecule has 2 aromatic heterocycles. The number of benzene rings is 1. The third-order valence-electron chi connectivity index (χ3n) is 4.46. The number of hydrogen-bond acceptors (Lipinski definition) is 6. The first-order valence-electron chi connectivity index (χ1n) is 8.56. The predicted octanol–water partition coefficient (Wildman–Crippen LogP) is 3.07. The van der Waals surface area contributed by atoms with Crippen LogP contribution in [0.25, 0.3) is 10.4 Å². The standard InChI is InChI=1S/C19H20N4O3S/c1-11-3-4-16(27-11)12-7-13-10-23(19(24)14-9-17(20)22-21-14)5-6-26-18(13)15(8-12)25-2/h3-4,7-9H,5-6,10H2,1-2H3,(H3,20,21,22).